The number of halogens is 2. The van der Waals surface area contributed by atoms with Crippen LogP contribution in [-0.4, -0.2) is 49.7 Å². The number of benzene rings is 1. The highest BCUT2D eigenvalue weighted by atomic mass is 127. The van der Waals surface area contributed by atoms with Gasteiger partial charge >= 0.3 is 0 Å². The third-order valence-corrected chi connectivity index (χ3v) is 6.03. The second kappa shape index (κ2) is 11.3. The van der Waals surface area contributed by atoms with Crippen LogP contribution < -0.4 is 5.32 Å². The van der Waals surface area contributed by atoms with E-state index in [4.69, 9.17) is 9.73 Å². The maximum Gasteiger partial charge on any atom is 0.193 e. The lowest BCUT2D eigenvalue weighted by molar-refractivity contribution is 0.0263. The number of nitrogens with zero attached hydrogens (tertiary/aromatic N) is 2. The molecule has 1 saturated heterocycles. The number of rotatable bonds is 6. The predicted octanol–water partition coefficient (Wildman–Crippen LogP) is 4.72. The van der Waals surface area contributed by atoms with Crippen LogP contribution in [0.1, 0.15) is 57.9 Å². The molecule has 0 atom stereocenters. The minimum Gasteiger partial charge on any atom is -0.378 e. The van der Waals surface area contributed by atoms with Gasteiger partial charge < -0.3 is 15.0 Å². The van der Waals surface area contributed by atoms with Crippen LogP contribution in [0.25, 0.3) is 0 Å². The second-order valence-corrected chi connectivity index (χ2v) is 7.81. The molecule has 1 saturated carbocycles. The molecule has 4 nitrogen and oxygen atoms in total. The molecule has 1 aromatic carbocycles. The van der Waals surface area contributed by atoms with Gasteiger partial charge in [-0.25, -0.2) is 4.39 Å². The number of hydrogen-bond acceptors (Lipinski definition) is 2. The number of piperidine rings is 1. The number of guanidine groups is 1. The molecule has 0 amide bonds. The Morgan fingerprint density at radius 2 is 1.82 bits per heavy atom. The van der Waals surface area contributed by atoms with Crippen molar-refractivity contribution in [3.8, 4) is 0 Å². The summed E-state index contributed by atoms with van der Waals surface area (Å²) in [5, 5.41) is 3.48. The van der Waals surface area contributed by atoms with E-state index in [1.165, 1.54) is 18.4 Å². The summed E-state index contributed by atoms with van der Waals surface area (Å²) in [4.78, 5) is 7.43. The molecule has 2 aliphatic rings. The first kappa shape index (κ1) is 23.4. The summed E-state index contributed by atoms with van der Waals surface area (Å²) in [6, 6.07) is 7.08. The van der Waals surface area contributed by atoms with Crippen LogP contribution in [0, 0.1) is 5.82 Å². The van der Waals surface area contributed by atoms with E-state index in [-0.39, 0.29) is 35.2 Å². The highest BCUT2D eigenvalue weighted by Gasteiger charge is 2.36. The molecule has 1 aliphatic heterocycles. The van der Waals surface area contributed by atoms with Crippen molar-refractivity contribution in [2.75, 3.05) is 32.8 Å². The van der Waals surface area contributed by atoms with Gasteiger partial charge in [-0.1, -0.05) is 25.0 Å². The molecule has 158 valence electrons. The van der Waals surface area contributed by atoms with Crippen LogP contribution >= 0.6 is 24.0 Å². The van der Waals surface area contributed by atoms with Crippen molar-refractivity contribution in [3.05, 3.63) is 35.6 Å². The number of likely N-dealkylation sites (tertiary alicyclic amines) is 1. The van der Waals surface area contributed by atoms with E-state index in [0.717, 1.165) is 64.4 Å². The Kier molecular flexibility index (Phi) is 9.47. The summed E-state index contributed by atoms with van der Waals surface area (Å²) in [6.07, 6.45) is 7.21. The molecule has 0 unspecified atom stereocenters. The molecule has 0 bridgehead atoms. The fraction of sp³-hybridized carbons (Fsp3) is 0.682. The van der Waals surface area contributed by atoms with E-state index in [0.29, 0.717) is 6.10 Å². The summed E-state index contributed by atoms with van der Waals surface area (Å²) in [5.41, 5.74) is 1.29. The van der Waals surface area contributed by atoms with E-state index in [1.54, 1.807) is 12.1 Å². The van der Waals surface area contributed by atoms with Crippen molar-refractivity contribution < 1.29 is 9.13 Å². The number of nitrogens with one attached hydrogen (secondary N) is 1. The van der Waals surface area contributed by atoms with Crippen LogP contribution in [0.4, 0.5) is 4.39 Å². The van der Waals surface area contributed by atoms with Gasteiger partial charge in [0.05, 0.1) is 12.6 Å². The average molecular weight is 503 g/mol. The molecule has 1 heterocycles. The molecule has 3 rings (SSSR count). The molecule has 28 heavy (non-hydrogen) atoms. The van der Waals surface area contributed by atoms with E-state index in [1.807, 2.05) is 12.1 Å². The quantitative estimate of drug-likeness (QED) is 0.347. The molecule has 1 aliphatic carbocycles. The van der Waals surface area contributed by atoms with E-state index < -0.39 is 0 Å². The molecule has 6 heteroatoms. The third kappa shape index (κ3) is 5.81. The van der Waals surface area contributed by atoms with Gasteiger partial charge in [-0.3, -0.25) is 4.99 Å². The van der Waals surface area contributed by atoms with Gasteiger partial charge in [-0.15, -0.1) is 24.0 Å². The van der Waals surface area contributed by atoms with E-state index in [2.05, 4.69) is 24.1 Å². The molecule has 0 spiro atoms. The minimum absolute atomic E-state index is 0. The van der Waals surface area contributed by atoms with Gasteiger partial charge in [0, 0.05) is 31.7 Å². The maximum atomic E-state index is 13.4. The van der Waals surface area contributed by atoms with Crippen LogP contribution in [-0.2, 0) is 10.2 Å². The molecule has 2 fully saturated rings. The number of ether oxygens (including phenoxy) is 1. The SMILES string of the molecule is CCNC(=NCC1(c2ccc(F)cc2)CCCC1)N1CCC(OCC)CC1.I. The first-order chi connectivity index (χ1) is 13.2. The standard InChI is InChI=1S/C22H34FN3O.HI/c1-3-24-21(26-15-11-20(12-16-26)27-4-2)25-17-22(13-5-6-14-22)18-7-9-19(23)10-8-18;/h7-10,20H,3-6,11-17H2,1-2H3,(H,24,25);1H. The largest absolute Gasteiger partial charge is 0.378 e. The lowest BCUT2D eigenvalue weighted by Gasteiger charge is -2.35. The Balaban J connectivity index is 0.00000280. The zero-order valence-electron chi connectivity index (χ0n) is 17.3. The second-order valence-electron chi connectivity index (χ2n) is 7.81. The van der Waals surface area contributed by atoms with Gasteiger partial charge in [0.25, 0.3) is 0 Å². The fourth-order valence-corrected chi connectivity index (χ4v) is 4.52. The van der Waals surface area contributed by atoms with Gasteiger partial charge in [0.15, 0.2) is 5.96 Å². The van der Waals surface area contributed by atoms with Crippen molar-refractivity contribution >= 4 is 29.9 Å². The van der Waals surface area contributed by atoms with Crippen LogP contribution in [0.5, 0.6) is 0 Å². The van der Waals surface area contributed by atoms with Gasteiger partial charge in [0.2, 0.25) is 0 Å². The zero-order valence-corrected chi connectivity index (χ0v) is 19.6. The highest BCUT2D eigenvalue weighted by Crippen LogP contribution is 2.41. The molecule has 1 aromatic rings. The van der Waals surface area contributed by atoms with Crippen molar-refractivity contribution in [1.29, 1.82) is 0 Å². The normalized spacial score (nSPS) is 20.1. The lowest BCUT2D eigenvalue weighted by atomic mass is 9.79. The van der Waals surface area contributed by atoms with Crippen molar-refractivity contribution in [2.24, 2.45) is 4.99 Å². The summed E-state index contributed by atoms with van der Waals surface area (Å²) < 4.78 is 19.2. The Morgan fingerprint density at radius 1 is 1.18 bits per heavy atom. The highest BCUT2D eigenvalue weighted by molar-refractivity contribution is 14.0. The summed E-state index contributed by atoms with van der Waals surface area (Å²) >= 11 is 0. The summed E-state index contributed by atoms with van der Waals surface area (Å²) in [5.74, 6) is 0.849. The van der Waals surface area contributed by atoms with Crippen molar-refractivity contribution in [3.63, 3.8) is 0 Å². The third-order valence-electron chi connectivity index (χ3n) is 6.03. The minimum atomic E-state index is -0.166. The Hall–Kier alpha value is -0.890. The van der Waals surface area contributed by atoms with Crippen molar-refractivity contribution in [1.82, 2.24) is 10.2 Å². The van der Waals surface area contributed by atoms with Gasteiger partial charge in [-0.2, -0.15) is 0 Å². The molecule has 0 radical (unpaired) electrons. The van der Waals surface area contributed by atoms with Crippen LogP contribution in [0.3, 0.4) is 0 Å². The lowest BCUT2D eigenvalue weighted by Crippen LogP contribution is -2.47. The smallest absolute Gasteiger partial charge is 0.193 e. The molecular formula is C22H35FIN3O. The van der Waals surface area contributed by atoms with Crippen molar-refractivity contribution in [2.45, 2.75) is 63.9 Å². The Bertz CT molecular complexity index is 609. The maximum absolute atomic E-state index is 13.4. The monoisotopic (exact) mass is 503 g/mol. The number of hydrogen-bond donors (Lipinski definition) is 1. The number of aliphatic imine (C=N–C) groups is 1. The molecule has 1 N–H and O–H groups in total. The topological polar surface area (TPSA) is 36.9 Å². The van der Waals surface area contributed by atoms with Crippen LogP contribution in [0.2, 0.25) is 0 Å². The average Bonchev–Trinajstić information content (AvgIpc) is 3.17. The fourth-order valence-electron chi connectivity index (χ4n) is 4.52. The zero-order chi connectivity index (χ0) is 19.1. The summed E-state index contributed by atoms with van der Waals surface area (Å²) in [7, 11) is 0. The Morgan fingerprint density at radius 3 is 2.39 bits per heavy atom. The van der Waals surface area contributed by atoms with E-state index in [9.17, 15) is 4.39 Å². The van der Waals surface area contributed by atoms with Gasteiger partial charge in [0.1, 0.15) is 5.82 Å². The molecular weight excluding hydrogens is 468 g/mol. The predicted molar refractivity (Wildman–Crippen MR) is 124 cm³/mol. The Labute approximate surface area is 186 Å². The molecule has 0 aromatic heterocycles. The van der Waals surface area contributed by atoms with Gasteiger partial charge in [-0.05, 0) is 57.2 Å². The first-order valence-corrected chi connectivity index (χ1v) is 10.6. The van der Waals surface area contributed by atoms with E-state index >= 15 is 0 Å². The summed E-state index contributed by atoms with van der Waals surface area (Å²) in [6.45, 7) is 8.58. The first-order valence-electron chi connectivity index (χ1n) is 10.6. The van der Waals surface area contributed by atoms with Crippen LogP contribution in [0.15, 0.2) is 29.3 Å².